The van der Waals surface area contributed by atoms with Crippen molar-refractivity contribution in [3.63, 3.8) is 0 Å². The molecule has 208 valence electrons. The lowest BCUT2D eigenvalue weighted by atomic mass is 10.1. The third kappa shape index (κ3) is 6.97. The number of thiocarbonyl (C=S) groups is 1. The zero-order valence-corrected chi connectivity index (χ0v) is 21.9. The van der Waals surface area contributed by atoms with Gasteiger partial charge in [0.2, 0.25) is 0 Å². The van der Waals surface area contributed by atoms with E-state index in [9.17, 15) is 22.0 Å². The number of nitrogens with zero attached hydrogens (tertiary/aromatic N) is 3. The number of hydrogen-bond acceptors (Lipinski definition) is 6. The van der Waals surface area contributed by atoms with Crippen LogP contribution >= 0.6 is 12.2 Å². The summed E-state index contributed by atoms with van der Waals surface area (Å²) in [6.07, 6.45) is -7.97. The SMILES string of the molecule is COc1ccc(NC(=S)N/N=C/c2ccc(C3=NC(c4ccc(OC(F)(F)C(F)(F)F)cc4)C=N3)cc2)c(C)c1. The molecule has 4 rings (SSSR count). The number of benzene rings is 3. The fraction of sp³-hybridized carbons (Fsp3) is 0.185. The molecule has 0 bridgehead atoms. The van der Waals surface area contributed by atoms with Gasteiger partial charge in [0.25, 0.3) is 0 Å². The minimum atomic E-state index is -5.82. The van der Waals surface area contributed by atoms with Crippen LogP contribution in [0.1, 0.15) is 28.3 Å². The van der Waals surface area contributed by atoms with Gasteiger partial charge >= 0.3 is 12.3 Å². The van der Waals surface area contributed by atoms with Crippen LogP contribution in [-0.4, -0.2) is 42.8 Å². The summed E-state index contributed by atoms with van der Waals surface area (Å²) >= 11 is 5.28. The normalized spacial score (nSPS) is 15.2. The summed E-state index contributed by atoms with van der Waals surface area (Å²) in [5.41, 5.74) is 6.59. The third-order valence-electron chi connectivity index (χ3n) is 5.63. The van der Waals surface area contributed by atoms with Crippen molar-refractivity contribution in [1.29, 1.82) is 0 Å². The molecule has 3 aromatic carbocycles. The highest BCUT2D eigenvalue weighted by Crippen LogP contribution is 2.37. The standard InChI is InChI=1S/C27H22F5N5O2S/c1-16-13-21(38-2)11-12-22(16)36-25(40)37-34-14-17-3-5-19(6-4-17)24-33-15-23(35-24)18-7-9-20(10-8-18)39-27(31,32)26(28,29)30/h3-15,23H,1-2H3,(H2,36,37,40)/b34-14+. The molecular formula is C27H22F5N5O2S. The van der Waals surface area contributed by atoms with Gasteiger partial charge in [-0.3, -0.25) is 10.4 Å². The summed E-state index contributed by atoms with van der Waals surface area (Å²) in [6, 6.07) is 17.0. The highest BCUT2D eigenvalue weighted by molar-refractivity contribution is 7.80. The molecule has 40 heavy (non-hydrogen) atoms. The maximum atomic E-state index is 13.1. The molecule has 0 saturated heterocycles. The first-order chi connectivity index (χ1) is 18.9. The molecule has 0 aliphatic carbocycles. The molecule has 1 aliphatic heterocycles. The number of halogens is 5. The molecule has 2 N–H and O–H groups in total. The Hall–Kier alpha value is -4.39. The van der Waals surface area contributed by atoms with Crippen LogP contribution in [-0.2, 0) is 0 Å². The van der Waals surface area contributed by atoms with Crippen LogP contribution < -0.4 is 20.2 Å². The number of anilines is 1. The lowest BCUT2D eigenvalue weighted by Gasteiger charge is -2.20. The lowest BCUT2D eigenvalue weighted by Crippen LogP contribution is -2.41. The van der Waals surface area contributed by atoms with Gasteiger partial charge in [-0.2, -0.15) is 27.1 Å². The Balaban J connectivity index is 1.32. The van der Waals surface area contributed by atoms with Gasteiger partial charge in [-0.15, -0.1) is 0 Å². The number of amidine groups is 1. The average Bonchev–Trinajstić information content (AvgIpc) is 3.40. The van der Waals surface area contributed by atoms with Crippen molar-refractivity contribution in [3.8, 4) is 11.5 Å². The van der Waals surface area contributed by atoms with E-state index in [1.54, 1.807) is 31.7 Å². The predicted molar refractivity (Wildman–Crippen MR) is 147 cm³/mol. The van der Waals surface area contributed by atoms with Crippen molar-refractivity contribution in [1.82, 2.24) is 5.43 Å². The fourth-order valence-corrected chi connectivity index (χ4v) is 3.69. The van der Waals surface area contributed by atoms with E-state index in [4.69, 9.17) is 17.0 Å². The summed E-state index contributed by atoms with van der Waals surface area (Å²) in [5, 5.41) is 7.52. The van der Waals surface area contributed by atoms with E-state index in [0.29, 0.717) is 16.5 Å². The number of nitrogens with one attached hydrogen (secondary N) is 2. The topological polar surface area (TPSA) is 79.6 Å². The number of aryl methyl sites for hydroxylation is 1. The summed E-state index contributed by atoms with van der Waals surface area (Å²) in [4.78, 5) is 8.79. The Morgan fingerprint density at radius 2 is 1.65 bits per heavy atom. The van der Waals surface area contributed by atoms with Crippen LogP contribution in [0.15, 0.2) is 81.8 Å². The summed E-state index contributed by atoms with van der Waals surface area (Å²) in [6.45, 7) is 1.93. The molecule has 0 amide bonds. The molecule has 7 nitrogen and oxygen atoms in total. The monoisotopic (exact) mass is 575 g/mol. The largest absolute Gasteiger partial charge is 0.499 e. The van der Waals surface area contributed by atoms with Crippen molar-refractivity contribution in [2.24, 2.45) is 15.1 Å². The lowest BCUT2D eigenvalue weighted by molar-refractivity contribution is -0.360. The van der Waals surface area contributed by atoms with Crippen LogP contribution in [0.3, 0.4) is 0 Å². The first-order valence-corrected chi connectivity index (χ1v) is 12.1. The van der Waals surface area contributed by atoms with Gasteiger partial charge in [0.15, 0.2) is 10.9 Å². The zero-order valence-electron chi connectivity index (χ0n) is 21.0. The number of alkyl halides is 5. The van der Waals surface area contributed by atoms with Gasteiger partial charge in [0, 0.05) is 17.5 Å². The molecule has 0 fully saturated rings. The smallest absolute Gasteiger partial charge is 0.497 e. The van der Waals surface area contributed by atoms with Crippen molar-refractivity contribution in [2.75, 3.05) is 12.4 Å². The van der Waals surface area contributed by atoms with Crippen LogP contribution in [0, 0.1) is 6.92 Å². The van der Waals surface area contributed by atoms with Gasteiger partial charge in [-0.25, -0.2) is 4.99 Å². The van der Waals surface area contributed by atoms with E-state index in [-0.39, 0.29) is 0 Å². The summed E-state index contributed by atoms with van der Waals surface area (Å²) < 4.78 is 72.2. The molecule has 1 atom stereocenters. The number of aliphatic imine (C=N–C) groups is 2. The van der Waals surface area contributed by atoms with Gasteiger partial charge in [0.1, 0.15) is 17.5 Å². The Morgan fingerprint density at radius 3 is 2.27 bits per heavy atom. The number of hydrazone groups is 1. The number of ether oxygens (including phenoxy) is 2. The molecule has 1 unspecified atom stereocenters. The first-order valence-electron chi connectivity index (χ1n) is 11.7. The number of methoxy groups -OCH3 is 1. The summed E-state index contributed by atoms with van der Waals surface area (Å²) in [7, 11) is 1.60. The third-order valence-corrected chi connectivity index (χ3v) is 5.82. The predicted octanol–water partition coefficient (Wildman–Crippen LogP) is 6.43. The van der Waals surface area contributed by atoms with Crippen LogP contribution in [0.4, 0.5) is 27.6 Å². The Morgan fingerprint density at radius 1 is 0.975 bits per heavy atom. The molecule has 3 aromatic rings. The van der Waals surface area contributed by atoms with Crippen LogP contribution in [0.2, 0.25) is 0 Å². The van der Waals surface area contributed by atoms with Crippen molar-refractivity contribution < 1.29 is 31.4 Å². The second-order valence-electron chi connectivity index (χ2n) is 8.49. The van der Waals surface area contributed by atoms with E-state index in [1.807, 2.05) is 37.3 Å². The Labute approximate surface area is 231 Å². The minimum absolute atomic E-state index is 0.315. The molecular weight excluding hydrogens is 553 g/mol. The Kier molecular flexibility index (Phi) is 8.43. The van der Waals surface area contributed by atoms with E-state index in [0.717, 1.165) is 40.3 Å². The molecule has 1 heterocycles. The van der Waals surface area contributed by atoms with E-state index in [1.165, 1.54) is 12.1 Å². The maximum Gasteiger partial charge on any atom is 0.499 e. The van der Waals surface area contributed by atoms with Gasteiger partial charge in [0.05, 0.1) is 13.3 Å². The van der Waals surface area contributed by atoms with Crippen molar-refractivity contribution in [3.05, 3.63) is 89.0 Å². The second kappa shape index (κ2) is 11.8. The number of rotatable bonds is 8. The highest BCUT2D eigenvalue weighted by Gasteiger charge is 2.61. The highest BCUT2D eigenvalue weighted by atomic mass is 32.1. The van der Waals surface area contributed by atoms with Crippen molar-refractivity contribution >= 4 is 41.3 Å². The van der Waals surface area contributed by atoms with E-state index >= 15 is 0 Å². The quantitative estimate of drug-likeness (QED) is 0.140. The van der Waals surface area contributed by atoms with Gasteiger partial charge < -0.3 is 14.8 Å². The first kappa shape index (κ1) is 28.6. The molecule has 13 heteroatoms. The average molecular weight is 576 g/mol. The fourth-order valence-electron chi connectivity index (χ4n) is 3.53. The van der Waals surface area contributed by atoms with Gasteiger partial charge in [-0.05, 0) is 66.2 Å². The molecule has 0 saturated carbocycles. The van der Waals surface area contributed by atoms with Crippen LogP contribution in [0.25, 0.3) is 0 Å². The maximum absolute atomic E-state index is 13.1. The second-order valence-corrected chi connectivity index (χ2v) is 8.90. The van der Waals surface area contributed by atoms with Crippen LogP contribution in [0.5, 0.6) is 11.5 Å². The molecule has 0 radical (unpaired) electrons. The minimum Gasteiger partial charge on any atom is -0.497 e. The molecule has 0 spiro atoms. The Bertz CT molecular complexity index is 1460. The van der Waals surface area contributed by atoms with Gasteiger partial charge in [-0.1, -0.05) is 36.4 Å². The van der Waals surface area contributed by atoms with Crippen molar-refractivity contribution in [2.45, 2.75) is 25.3 Å². The molecule has 0 aromatic heterocycles. The number of hydrogen-bond donors (Lipinski definition) is 2. The molecule has 1 aliphatic rings. The summed E-state index contributed by atoms with van der Waals surface area (Å²) in [5.74, 6) is 0.565. The zero-order chi connectivity index (χ0) is 28.9. The van der Waals surface area contributed by atoms with E-state index < -0.39 is 24.1 Å². The van der Waals surface area contributed by atoms with E-state index in [2.05, 4.69) is 30.6 Å².